The highest BCUT2D eigenvalue weighted by Gasteiger charge is 2.28. The van der Waals surface area contributed by atoms with Crippen molar-refractivity contribution in [3.8, 4) is 17.2 Å². The summed E-state index contributed by atoms with van der Waals surface area (Å²) < 4.78 is 9.94. The highest BCUT2D eigenvalue weighted by Crippen LogP contribution is 2.27. The molecule has 0 saturated carbocycles. The van der Waals surface area contributed by atoms with E-state index < -0.39 is 24.1 Å². The van der Waals surface area contributed by atoms with Crippen LogP contribution in [0.15, 0.2) is 78.9 Å². The summed E-state index contributed by atoms with van der Waals surface area (Å²) in [5.74, 6) is -2.55. The third-order valence-corrected chi connectivity index (χ3v) is 5.87. The summed E-state index contributed by atoms with van der Waals surface area (Å²) in [7, 11) is 0. The molecule has 0 unspecified atom stereocenters. The molecule has 0 bridgehead atoms. The number of nitrogens with zero attached hydrogens (tertiary/aromatic N) is 2. The van der Waals surface area contributed by atoms with Gasteiger partial charge in [-0.1, -0.05) is 60.7 Å². The zero-order valence-corrected chi connectivity index (χ0v) is 19.6. The second-order valence-electron chi connectivity index (χ2n) is 8.41. The fourth-order valence-electron chi connectivity index (χ4n) is 4.11. The fraction of sp³-hybridized carbons (Fsp3) is 0.214. The smallest absolute Gasteiger partial charge is 0.426 e. The molecule has 1 fully saturated rings. The van der Waals surface area contributed by atoms with Gasteiger partial charge in [0.25, 0.3) is 0 Å². The minimum Gasteiger partial charge on any atom is -0.454 e. The van der Waals surface area contributed by atoms with Crippen LogP contribution in [0.5, 0.6) is 0 Å². The predicted octanol–water partition coefficient (Wildman–Crippen LogP) is 4.51. The first kappa shape index (κ1) is 24.6. The van der Waals surface area contributed by atoms with E-state index in [9.17, 15) is 14.4 Å². The van der Waals surface area contributed by atoms with E-state index in [1.807, 2.05) is 60.7 Å². The van der Waals surface area contributed by atoms with E-state index in [1.54, 1.807) is 18.2 Å². The van der Waals surface area contributed by atoms with Gasteiger partial charge in [-0.05, 0) is 42.2 Å². The number of ether oxygens (including phenoxy) is 2. The Hall–Kier alpha value is -4.48. The lowest BCUT2D eigenvalue weighted by Crippen LogP contribution is -2.39. The second kappa shape index (κ2) is 11.8. The first-order valence-electron chi connectivity index (χ1n) is 11.6. The van der Waals surface area contributed by atoms with Gasteiger partial charge in [-0.15, -0.1) is 0 Å². The van der Waals surface area contributed by atoms with E-state index in [2.05, 4.69) is 21.0 Å². The first-order chi connectivity index (χ1) is 17.5. The Morgan fingerprint density at radius 3 is 2.39 bits per heavy atom. The van der Waals surface area contributed by atoms with Crippen LogP contribution >= 0.6 is 0 Å². The van der Waals surface area contributed by atoms with Crippen molar-refractivity contribution in [2.45, 2.75) is 25.5 Å². The van der Waals surface area contributed by atoms with Crippen LogP contribution in [0.3, 0.4) is 0 Å². The fourth-order valence-corrected chi connectivity index (χ4v) is 4.11. The molecule has 0 aromatic heterocycles. The lowest BCUT2D eigenvalue weighted by Gasteiger charge is -2.31. The molecule has 8 heteroatoms. The van der Waals surface area contributed by atoms with Crippen LogP contribution in [0, 0.1) is 11.3 Å². The number of para-hydroxylation sites is 1. The molecule has 0 spiro atoms. The summed E-state index contributed by atoms with van der Waals surface area (Å²) in [6.45, 7) is 2.02. The zero-order chi connectivity index (χ0) is 25.3. The maximum absolute atomic E-state index is 12.3. The van der Waals surface area contributed by atoms with Gasteiger partial charge in [-0.3, -0.25) is 10.2 Å². The summed E-state index contributed by atoms with van der Waals surface area (Å²) in [4.78, 5) is 38.8. The van der Waals surface area contributed by atoms with Crippen molar-refractivity contribution >= 4 is 23.7 Å². The maximum atomic E-state index is 12.3. The van der Waals surface area contributed by atoms with E-state index in [0.717, 1.165) is 16.7 Å². The van der Waals surface area contributed by atoms with E-state index in [4.69, 9.17) is 10.00 Å². The number of hydrogen-bond donors (Lipinski definition) is 1. The SMILES string of the molecule is N#Cc1cccc(CN2CCC(OC(=O)C(=O)OC(=O)Nc3ccccc3-c3ccccc3)CC2)c1. The number of esters is 2. The van der Waals surface area contributed by atoms with E-state index in [0.29, 0.717) is 43.7 Å². The van der Waals surface area contributed by atoms with Crippen LogP contribution in [-0.2, 0) is 25.6 Å². The van der Waals surface area contributed by atoms with Crippen LogP contribution in [0.25, 0.3) is 11.1 Å². The predicted molar refractivity (Wildman–Crippen MR) is 133 cm³/mol. The van der Waals surface area contributed by atoms with Gasteiger partial charge in [-0.25, -0.2) is 14.4 Å². The molecule has 1 heterocycles. The van der Waals surface area contributed by atoms with Crippen LogP contribution in [0.1, 0.15) is 24.0 Å². The number of likely N-dealkylation sites (tertiary alicyclic amines) is 1. The Kier molecular flexibility index (Phi) is 8.06. The van der Waals surface area contributed by atoms with Crippen LogP contribution in [0.2, 0.25) is 0 Å². The Morgan fingerprint density at radius 1 is 0.917 bits per heavy atom. The molecule has 1 aliphatic rings. The summed E-state index contributed by atoms with van der Waals surface area (Å²) in [6, 6.07) is 26.1. The number of nitrogens with one attached hydrogen (secondary N) is 1. The van der Waals surface area contributed by atoms with Crippen LogP contribution < -0.4 is 5.32 Å². The average molecular weight is 484 g/mol. The molecule has 0 atom stereocenters. The minimum absolute atomic E-state index is 0.436. The molecule has 4 rings (SSSR count). The lowest BCUT2D eigenvalue weighted by molar-refractivity contribution is -0.168. The monoisotopic (exact) mass is 483 g/mol. The molecular weight excluding hydrogens is 458 g/mol. The highest BCUT2D eigenvalue weighted by molar-refractivity contribution is 6.31. The number of hydrogen-bond acceptors (Lipinski definition) is 7. The first-order valence-corrected chi connectivity index (χ1v) is 11.6. The molecule has 182 valence electrons. The summed E-state index contributed by atoms with van der Waals surface area (Å²) in [5.41, 5.74) is 3.72. The van der Waals surface area contributed by atoms with Crippen LogP contribution in [0.4, 0.5) is 10.5 Å². The second-order valence-corrected chi connectivity index (χ2v) is 8.41. The van der Waals surface area contributed by atoms with E-state index in [1.165, 1.54) is 0 Å². The number of piperidine rings is 1. The molecule has 36 heavy (non-hydrogen) atoms. The molecule has 3 aromatic rings. The zero-order valence-electron chi connectivity index (χ0n) is 19.6. The van der Waals surface area contributed by atoms with Crippen molar-refractivity contribution in [2.24, 2.45) is 0 Å². The third kappa shape index (κ3) is 6.56. The molecule has 1 amide bonds. The van der Waals surface area contributed by atoms with E-state index in [-0.39, 0.29) is 0 Å². The normalized spacial score (nSPS) is 13.9. The van der Waals surface area contributed by atoms with E-state index >= 15 is 0 Å². The standard InChI is InChI=1S/C28H25N3O5/c29-18-20-7-6-8-21(17-20)19-31-15-13-23(14-16-31)35-26(32)27(33)36-28(34)30-25-12-5-4-11-24(25)22-9-2-1-3-10-22/h1-12,17,23H,13-16,19H2,(H,30,34). The molecule has 0 radical (unpaired) electrons. The number of amides is 1. The van der Waals surface area contributed by atoms with Crippen molar-refractivity contribution < 1.29 is 23.9 Å². The number of nitriles is 1. The number of benzene rings is 3. The number of rotatable bonds is 5. The topological polar surface area (TPSA) is 109 Å². The minimum atomic E-state index is -1.36. The molecule has 1 saturated heterocycles. The van der Waals surface area contributed by atoms with Crippen molar-refractivity contribution in [3.05, 3.63) is 90.0 Å². The largest absolute Gasteiger partial charge is 0.454 e. The van der Waals surface area contributed by atoms with Gasteiger partial charge >= 0.3 is 18.0 Å². The van der Waals surface area contributed by atoms with Crippen molar-refractivity contribution in [3.63, 3.8) is 0 Å². The number of carbonyl (C=O) groups excluding carboxylic acids is 3. The van der Waals surface area contributed by atoms with Gasteiger partial charge in [0, 0.05) is 25.2 Å². The van der Waals surface area contributed by atoms with Gasteiger partial charge in [0.1, 0.15) is 6.10 Å². The van der Waals surface area contributed by atoms with Gasteiger partial charge in [0.2, 0.25) is 0 Å². The maximum Gasteiger partial charge on any atom is 0.426 e. The van der Waals surface area contributed by atoms with Crippen molar-refractivity contribution in [1.82, 2.24) is 4.90 Å². The molecule has 8 nitrogen and oxygen atoms in total. The van der Waals surface area contributed by atoms with Crippen molar-refractivity contribution in [1.29, 1.82) is 5.26 Å². The van der Waals surface area contributed by atoms with Crippen molar-refractivity contribution in [2.75, 3.05) is 18.4 Å². The van der Waals surface area contributed by atoms with Gasteiger partial charge in [0.15, 0.2) is 0 Å². The summed E-state index contributed by atoms with van der Waals surface area (Å²) in [6.07, 6.45) is -0.398. The van der Waals surface area contributed by atoms with Crippen LogP contribution in [-0.4, -0.2) is 42.1 Å². The number of anilines is 1. The third-order valence-electron chi connectivity index (χ3n) is 5.87. The summed E-state index contributed by atoms with van der Waals surface area (Å²) in [5, 5.41) is 11.6. The number of carbonyl (C=O) groups is 3. The highest BCUT2D eigenvalue weighted by atomic mass is 16.6. The quantitative estimate of drug-likeness (QED) is 0.323. The Bertz CT molecular complexity index is 1280. The Morgan fingerprint density at radius 2 is 1.64 bits per heavy atom. The molecular formula is C28H25N3O5. The summed E-state index contributed by atoms with van der Waals surface area (Å²) >= 11 is 0. The van der Waals surface area contributed by atoms with Gasteiger partial charge in [-0.2, -0.15) is 5.26 Å². The molecule has 1 N–H and O–H groups in total. The average Bonchev–Trinajstić information content (AvgIpc) is 2.90. The molecule has 0 aliphatic carbocycles. The van der Waals surface area contributed by atoms with Gasteiger partial charge < -0.3 is 9.47 Å². The van der Waals surface area contributed by atoms with Gasteiger partial charge in [0.05, 0.1) is 17.3 Å². The lowest BCUT2D eigenvalue weighted by atomic mass is 10.0. The molecule has 1 aliphatic heterocycles. The Labute approximate surface area is 209 Å². The molecule has 3 aromatic carbocycles. The Balaban J connectivity index is 1.24.